The van der Waals surface area contributed by atoms with E-state index in [4.69, 9.17) is 0 Å². The molecule has 0 radical (unpaired) electrons. The standard InChI is InChI=1S/C21H24N6O/c28-21(20-14-19(25-26-20)17-6-9-22-10-7-17)24-18(16-4-2-1-3-5-16)8-12-27-13-11-23-15-27/h1-7,9-11,13,15,18-20,25-26H,8,12,14H2,(H,24,28). The first-order valence-electron chi connectivity index (χ1n) is 9.51. The molecule has 3 heterocycles. The summed E-state index contributed by atoms with van der Waals surface area (Å²) in [6.07, 6.45) is 10.5. The van der Waals surface area contributed by atoms with Gasteiger partial charge in [0, 0.05) is 37.4 Å². The van der Waals surface area contributed by atoms with Crippen LogP contribution in [0.1, 0.15) is 36.1 Å². The maximum absolute atomic E-state index is 12.9. The van der Waals surface area contributed by atoms with Gasteiger partial charge in [-0.05, 0) is 36.1 Å². The highest BCUT2D eigenvalue weighted by Gasteiger charge is 2.31. The average molecular weight is 376 g/mol. The number of carbonyl (C=O) groups is 1. The van der Waals surface area contributed by atoms with Crippen molar-refractivity contribution in [3.63, 3.8) is 0 Å². The predicted octanol–water partition coefficient (Wildman–Crippen LogP) is 2.13. The van der Waals surface area contributed by atoms with Crippen LogP contribution in [0.2, 0.25) is 0 Å². The molecule has 1 fully saturated rings. The van der Waals surface area contributed by atoms with E-state index in [1.807, 2.05) is 41.1 Å². The first kappa shape index (κ1) is 18.3. The van der Waals surface area contributed by atoms with Crippen molar-refractivity contribution < 1.29 is 4.79 Å². The molecule has 28 heavy (non-hydrogen) atoms. The number of aryl methyl sites for hydroxylation is 1. The Balaban J connectivity index is 1.40. The summed E-state index contributed by atoms with van der Waals surface area (Å²) in [5.74, 6) is 0.00328. The lowest BCUT2D eigenvalue weighted by molar-refractivity contribution is -0.123. The fourth-order valence-electron chi connectivity index (χ4n) is 3.52. The van der Waals surface area contributed by atoms with Crippen molar-refractivity contribution in [1.82, 2.24) is 30.7 Å². The molecule has 7 heteroatoms. The number of aromatic nitrogens is 3. The van der Waals surface area contributed by atoms with Crippen molar-refractivity contribution in [2.24, 2.45) is 0 Å². The van der Waals surface area contributed by atoms with Gasteiger partial charge in [0.2, 0.25) is 5.91 Å². The first-order chi connectivity index (χ1) is 13.8. The van der Waals surface area contributed by atoms with Crippen LogP contribution in [0, 0.1) is 0 Å². The second-order valence-electron chi connectivity index (χ2n) is 6.97. The Labute approximate surface area is 164 Å². The Bertz CT molecular complexity index is 868. The van der Waals surface area contributed by atoms with Crippen LogP contribution in [0.3, 0.4) is 0 Å². The molecule has 7 nitrogen and oxygen atoms in total. The number of imidazole rings is 1. The quantitative estimate of drug-likeness (QED) is 0.588. The van der Waals surface area contributed by atoms with Crippen LogP contribution in [0.5, 0.6) is 0 Å². The second-order valence-corrected chi connectivity index (χ2v) is 6.97. The van der Waals surface area contributed by atoms with Crippen molar-refractivity contribution in [1.29, 1.82) is 0 Å². The molecule has 1 aliphatic heterocycles. The lowest BCUT2D eigenvalue weighted by atomic mass is 10.0. The van der Waals surface area contributed by atoms with E-state index < -0.39 is 0 Å². The number of nitrogens with one attached hydrogen (secondary N) is 3. The van der Waals surface area contributed by atoms with Gasteiger partial charge < -0.3 is 9.88 Å². The number of carbonyl (C=O) groups excluding carboxylic acids is 1. The SMILES string of the molecule is O=C(NC(CCn1ccnc1)c1ccccc1)C1CC(c2ccncc2)NN1. The fourth-order valence-corrected chi connectivity index (χ4v) is 3.52. The minimum Gasteiger partial charge on any atom is -0.348 e. The van der Waals surface area contributed by atoms with Crippen molar-refractivity contribution in [2.45, 2.75) is 37.5 Å². The lowest BCUT2D eigenvalue weighted by Gasteiger charge is -2.21. The minimum absolute atomic E-state index is 0.00328. The van der Waals surface area contributed by atoms with Gasteiger partial charge in [0.15, 0.2) is 0 Å². The van der Waals surface area contributed by atoms with Gasteiger partial charge in [-0.1, -0.05) is 30.3 Å². The van der Waals surface area contributed by atoms with Gasteiger partial charge in [0.1, 0.15) is 6.04 Å². The summed E-state index contributed by atoms with van der Waals surface area (Å²) in [7, 11) is 0. The van der Waals surface area contributed by atoms with Crippen molar-refractivity contribution >= 4 is 5.91 Å². The van der Waals surface area contributed by atoms with Gasteiger partial charge in [-0.15, -0.1) is 0 Å². The van der Waals surface area contributed by atoms with Crippen LogP contribution in [-0.4, -0.2) is 26.5 Å². The highest BCUT2D eigenvalue weighted by molar-refractivity contribution is 5.82. The zero-order valence-electron chi connectivity index (χ0n) is 15.5. The molecule has 1 amide bonds. The molecule has 0 saturated carbocycles. The van der Waals surface area contributed by atoms with Crippen molar-refractivity contribution in [2.75, 3.05) is 0 Å². The molecule has 4 rings (SSSR count). The maximum Gasteiger partial charge on any atom is 0.239 e. The Hall–Kier alpha value is -3.03. The summed E-state index contributed by atoms with van der Waals surface area (Å²) >= 11 is 0. The van der Waals surface area contributed by atoms with Crippen LogP contribution >= 0.6 is 0 Å². The number of benzene rings is 1. The number of pyridine rings is 1. The normalized spacial score (nSPS) is 20.0. The highest BCUT2D eigenvalue weighted by atomic mass is 16.2. The predicted molar refractivity (Wildman–Crippen MR) is 106 cm³/mol. The zero-order chi connectivity index (χ0) is 19.2. The van der Waals surface area contributed by atoms with Crippen molar-refractivity contribution in [3.05, 3.63) is 84.7 Å². The number of rotatable bonds is 7. The Kier molecular flexibility index (Phi) is 5.75. The van der Waals surface area contributed by atoms with Crippen LogP contribution in [-0.2, 0) is 11.3 Å². The number of hydrogen-bond donors (Lipinski definition) is 3. The zero-order valence-corrected chi connectivity index (χ0v) is 15.5. The third kappa shape index (κ3) is 4.44. The third-order valence-corrected chi connectivity index (χ3v) is 5.08. The van der Waals surface area contributed by atoms with E-state index in [1.165, 1.54) is 0 Å². The van der Waals surface area contributed by atoms with E-state index in [0.29, 0.717) is 6.42 Å². The van der Waals surface area contributed by atoms with Crippen LogP contribution in [0.4, 0.5) is 0 Å². The number of hydrogen-bond acceptors (Lipinski definition) is 5. The molecule has 3 N–H and O–H groups in total. The molecule has 0 spiro atoms. The fraction of sp³-hybridized carbons (Fsp3) is 0.286. The Morgan fingerprint density at radius 3 is 2.68 bits per heavy atom. The highest BCUT2D eigenvalue weighted by Crippen LogP contribution is 2.23. The molecule has 0 bridgehead atoms. The first-order valence-corrected chi connectivity index (χ1v) is 9.51. The van der Waals surface area contributed by atoms with Gasteiger partial charge in [0.25, 0.3) is 0 Å². The molecule has 0 aliphatic carbocycles. The Morgan fingerprint density at radius 2 is 1.93 bits per heavy atom. The largest absolute Gasteiger partial charge is 0.348 e. The monoisotopic (exact) mass is 376 g/mol. The number of hydrazine groups is 1. The molecular formula is C21H24N6O. The molecule has 144 valence electrons. The topological polar surface area (TPSA) is 83.9 Å². The molecule has 3 atom stereocenters. The van der Waals surface area contributed by atoms with E-state index in [0.717, 1.165) is 24.1 Å². The second kappa shape index (κ2) is 8.77. The Morgan fingerprint density at radius 1 is 1.11 bits per heavy atom. The van der Waals surface area contributed by atoms with E-state index >= 15 is 0 Å². The number of nitrogens with zero attached hydrogens (tertiary/aromatic N) is 3. The molecule has 1 saturated heterocycles. The van der Waals surface area contributed by atoms with Gasteiger partial charge in [-0.3, -0.25) is 9.78 Å². The van der Waals surface area contributed by atoms with Gasteiger partial charge in [0.05, 0.1) is 12.4 Å². The average Bonchev–Trinajstić information content (AvgIpc) is 3.44. The smallest absolute Gasteiger partial charge is 0.239 e. The molecule has 3 aromatic rings. The van der Waals surface area contributed by atoms with Crippen LogP contribution in [0.15, 0.2) is 73.6 Å². The van der Waals surface area contributed by atoms with E-state index in [1.54, 1.807) is 24.9 Å². The van der Waals surface area contributed by atoms with E-state index in [2.05, 4.69) is 38.3 Å². The molecule has 1 aromatic carbocycles. The van der Waals surface area contributed by atoms with E-state index in [9.17, 15) is 4.79 Å². The summed E-state index contributed by atoms with van der Waals surface area (Å²) in [5, 5.41) is 3.22. The van der Waals surface area contributed by atoms with Crippen LogP contribution in [0.25, 0.3) is 0 Å². The third-order valence-electron chi connectivity index (χ3n) is 5.08. The molecular weight excluding hydrogens is 352 g/mol. The van der Waals surface area contributed by atoms with E-state index in [-0.39, 0.29) is 24.0 Å². The molecule has 2 aromatic heterocycles. The summed E-state index contributed by atoms with van der Waals surface area (Å²) in [6, 6.07) is 13.8. The summed E-state index contributed by atoms with van der Waals surface area (Å²) < 4.78 is 2.02. The van der Waals surface area contributed by atoms with Crippen molar-refractivity contribution in [3.8, 4) is 0 Å². The minimum atomic E-state index is -0.280. The maximum atomic E-state index is 12.9. The summed E-state index contributed by atoms with van der Waals surface area (Å²) in [5.41, 5.74) is 8.58. The van der Waals surface area contributed by atoms with Crippen LogP contribution < -0.4 is 16.2 Å². The molecule has 3 unspecified atom stereocenters. The summed E-state index contributed by atoms with van der Waals surface area (Å²) in [4.78, 5) is 21.1. The van der Waals surface area contributed by atoms with Gasteiger partial charge in [-0.2, -0.15) is 0 Å². The lowest BCUT2D eigenvalue weighted by Crippen LogP contribution is -2.44. The molecule has 1 aliphatic rings. The number of amides is 1. The summed E-state index contributed by atoms with van der Waals surface area (Å²) in [6.45, 7) is 0.788. The van der Waals surface area contributed by atoms with Gasteiger partial charge >= 0.3 is 0 Å². The van der Waals surface area contributed by atoms with Gasteiger partial charge in [-0.25, -0.2) is 15.8 Å².